The lowest BCUT2D eigenvalue weighted by atomic mass is 9.89. The average Bonchev–Trinajstić information content (AvgIpc) is 2.90. The van der Waals surface area contributed by atoms with E-state index < -0.39 is 42.6 Å². The highest BCUT2D eigenvalue weighted by atomic mass is 16.5. The monoisotopic (exact) mass is 504 g/mol. The predicted octanol–water partition coefficient (Wildman–Crippen LogP) is 1.01. The molecule has 1 aliphatic heterocycles. The lowest BCUT2D eigenvalue weighted by Gasteiger charge is -2.40. The van der Waals surface area contributed by atoms with E-state index in [2.05, 4.69) is 0 Å². The zero-order chi connectivity index (χ0) is 26.1. The molecule has 0 spiro atoms. The summed E-state index contributed by atoms with van der Waals surface area (Å²) in [4.78, 5) is 13.3. The molecule has 0 unspecified atom stereocenters. The lowest BCUT2D eigenvalue weighted by molar-refractivity contribution is -0.232. The van der Waals surface area contributed by atoms with Gasteiger partial charge in [0.25, 0.3) is 0 Å². The third kappa shape index (κ3) is 4.25. The van der Waals surface area contributed by atoms with Crippen LogP contribution < -0.4 is 24.4 Å². The summed E-state index contributed by atoms with van der Waals surface area (Å²) in [6, 6.07) is 7.79. The van der Waals surface area contributed by atoms with Gasteiger partial charge in [0.15, 0.2) is 16.9 Å². The third-order valence-corrected chi connectivity index (χ3v) is 6.24. The molecule has 11 heteroatoms. The summed E-state index contributed by atoms with van der Waals surface area (Å²) in [7, 11) is 5.70. The van der Waals surface area contributed by atoms with Gasteiger partial charge in [0, 0.05) is 17.7 Å². The number of fused-ring (bicyclic) bond motifs is 1. The molecule has 2 aromatic carbocycles. The van der Waals surface area contributed by atoms with Crippen molar-refractivity contribution in [3.63, 3.8) is 0 Å². The third-order valence-electron chi connectivity index (χ3n) is 6.24. The highest BCUT2D eigenvalue weighted by Gasteiger charge is 2.46. The van der Waals surface area contributed by atoms with Crippen LogP contribution in [-0.4, -0.2) is 79.9 Å². The van der Waals surface area contributed by atoms with Gasteiger partial charge in [-0.15, -0.1) is 0 Å². The smallest absolute Gasteiger partial charge is 0.197 e. The summed E-state index contributed by atoms with van der Waals surface area (Å²) in [5.74, 6) is 1.35. The van der Waals surface area contributed by atoms with E-state index in [1.54, 1.807) is 18.2 Å². The summed E-state index contributed by atoms with van der Waals surface area (Å²) in [5, 5.41) is 40.8. The van der Waals surface area contributed by atoms with Crippen LogP contribution in [0.2, 0.25) is 0 Å². The Labute approximate surface area is 206 Å². The normalized spacial score (nSPS) is 23.9. The lowest BCUT2D eigenvalue weighted by Crippen LogP contribution is -2.55. The van der Waals surface area contributed by atoms with Gasteiger partial charge in [-0.2, -0.15) is 0 Å². The van der Waals surface area contributed by atoms with Crippen LogP contribution >= 0.6 is 0 Å². The van der Waals surface area contributed by atoms with Crippen LogP contribution in [0.1, 0.15) is 11.7 Å². The number of rotatable bonds is 7. The molecule has 1 saturated heterocycles. The van der Waals surface area contributed by atoms with Crippen molar-refractivity contribution in [2.75, 3.05) is 35.0 Å². The molecule has 1 fully saturated rings. The number of hydrogen-bond acceptors (Lipinski definition) is 11. The summed E-state index contributed by atoms with van der Waals surface area (Å²) in [6.45, 7) is -0.615. The van der Waals surface area contributed by atoms with E-state index in [0.717, 1.165) is 0 Å². The zero-order valence-electron chi connectivity index (χ0n) is 20.1. The van der Waals surface area contributed by atoms with Crippen molar-refractivity contribution in [2.45, 2.75) is 30.5 Å². The van der Waals surface area contributed by atoms with Crippen LogP contribution in [-0.2, 0) is 4.74 Å². The molecule has 0 radical (unpaired) electrons. The number of hydrogen-bond donors (Lipinski definition) is 4. The van der Waals surface area contributed by atoms with Crippen LogP contribution in [0.25, 0.3) is 22.3 Å². The van der Waals surface area contributed by atoms with E-state index >= 15 is 0 Å². The van der Waals surface area contributed by atoms with Crippen molar-refractivity contribution >= 4 is 11.0 Å². The summed E-state index contributed by atoms with van der Waals surface area (Å²) < 4.78 is 33.4. The maximum Gasteiger partial charge on any atom is 0.197 e. The standard InChI is InChI=1S/C25H28O11/c1-31-13-6-5-11(7-15(13)32-2)14-8-12(27)19-17(35-14)9-16(33-3)20(24(19)34-4)25-23(30)22(29)21(28)18(10-26)36-25/h5-9,18,21-23,25-26,28-30H,10H2,1-4H3/t18-,21-,22+,23-,25+/m1/s1. The first kappa shape index (κ1) is 25.7. The van der Waals surface area contributed by atoms with Gasteiger partial charge < -0.3 is 48.5 Å². The van der Waals surface area contributed by atoms with Crippen LogP contribution in [0.5, 0.6) is 23.0 Å². The minimum absolute atomic E-state index is 0.00120. The van der Waals surface area contributed by atoms with Gasteiger partial charge >= 0.3 is 0 Å². The molecule has 2 heterocycles. The first-order valence-electron chi connectivity index (χ1n) is 11.0. The molecule has 0 saturated carbocycles. The Kier molecular flexibility index (Phi) is 7.38. The predicted molar refractivity (Wildman–Crippen MR) is 127 cm³/mol. The van der Waals surface area contributed by atoms with Gasteiger partial charge in [0.2, 0.25) is 0 Å². The second-order valence-corrected chi connectivity index (χ2v) is 8.19. The Morgan fingerprint density at radius 1 is 0.833 bits per heavy atom. The molecule has 4 N–H and O–H groups in total. The Morgan fingerprint density at radius 3 is 2.14 bits per heavy atom. The molecule has 194 valence electrons. The quantitative estimate of drug-likeness (QED) is 0.364. The van der Waals surface area contributed by atoms with Crippen molar-refractivity contribution in [3.8, 4) is 34.3 Å². The van der Waals surface area contributed by atoms with Crippen molar-refractivity contribution < 1.29 is 48.5 Å². The highest BCUT2D eigenvalue weighted by molar-refractivity contribution is 5.89. The van der Waals surface area contributed by atoms with Crippen molar-refractivity contribution in [1.29, 1.82) is 0 Å². The highest BCUT2D eigenvalue weighted by Crippen LogP contribution is 2.45. The topological polar surface area (TPSA) is 157 Å². The van der Waals surface area contributed by atoms with E-state index in [1.807, 2.05) is 0 Å². The zero-order valence-corrected chi connectivity index (χ0v) is 20.1. The fourth-order valence-corrected chi connectivity index (χ4v) is 4.40. The SMILES string of the molecule is COc1ccc(-c2cc(=O)c3c(OC)c([C@@H]4O[C@H](CO)[C@@H](O)[C@H](O)[C@H]4O)c(OC)cc3o2)cc1OC. The fourth-order valence-electron chi connectivity index (χ4n) is 4.40. The molecule has 4 rings (SSSR count). The van der Waals surface area contributed by atoms with E-state index in [9.17, 15) is 25.2 Å². The molecule has 1 aliphatic rings. The molecule has 11 nitrogen and oxygen atoms in total. The molecule has 1 aromatic heterocycles. The van der Waals surface area contributed by atoms with Crippen molar-refractivity contribution in [3.05, 3.63) is 46.1 Å². The molecular weight excluding hydrogens is 476 g/mol. The van der Waals surface area contributed by atoms with Crippen molar-refractivity contribution in [2.24, 2.45) is 0 Å². The van der Waals surface area contributed by atoms with Crippen LogP contribution in [0.3, 0.4) is 0 Å². The number of aliphatic hydroxyl groups excluding tert-OH is 4. The first-order chi connectivity index (χ1) is 17.3. The van der Waals surface area contributed by atoms with Gasteiger partial charge in [0.05, 0.1) is 40.6 Å². The minimum Gasteiger partial charge on any atom is -0.496 e. The second-order valence-electron chi connectivity index (χ2n) is 8.19. The minimum atomic E-state index is -1.63. The maximum absolute atomic E-state index is 13.3. The Bertz CT molecular complexity index is 1300. The van der Waals surface area contributed by atoms with E-state index in [-0.39, 0.29) is 33.8 Å². The number of ether oxygens (including phenoxy) is 5. The van der Waals surface area contributed by atoms with Crippen LogP contribution in [0.4, 0.5) is 0 Å². The average molecular weight is 504 g/mol. The second kappa shape index (κ2) is 10.3. The van der Waals surface area contributed by atoms with Gasteiger partial charge in [-0.1, -0.05) is 0 Å². The number of aliphatic hydroxyl groups is 4. The largest absolute Gasteiger partial charge is 0.496 e. The molecular formula is C25H28O11. The maximum atomic E-state index is 13.3. The van der Waals surface area contributed by atoms with E-state index in [0.29, 0.717) is 17.1 Å². The van der Waals surface area contributed by atoms with Gasteiger partial charge in [-0.25, -0.2) is 0 Å². The molecule has 5 atom stereocenters. The molecule has 0 amide bonds. The number of methoxy groups -OCH3 is 4. The molecule has 36 heavy (non-hydrogen) atoms. The van der Waals surface area contributed by atoms with Gasteiger partial charge in [-0.3, -0.25) is 4.79 Å². The summed E-state index contributed by atoms with van der Waals surface area (Å²) in [6.07, 6.45) is -7.24. The Morgan fingerprint density at radius 2 is 1.53 bits per heavy atom. The molecule has 0 aliphatic carbocycles. The van der Waals surface area contributed by atoms with E-state index in [1.165, 1.54) is 40.6 Å². The fraction of sp³-hybridized carbons (Fsp3) is 0.400. The van der Waals surface area contributed by atoms with Crippen molar-refractivity contribution in [1.82, 2.24) is 0 Å². The Balaban J connectivity index is 1.91. The number of benzene rings is 2. The molecule has 3 aromatic rings. The molecule has 0 bridgehead atoms. The van der Waals surface area contributed by atoms with Gasteiger partial charge in [-0.05, 0) is 18.2 Å². The van der Waals surface area contributed by atoms with Gasteiger partial charge in [0.1, 0.15) is 58.7 Å². The van der Waals surface area contributed by atoms with E-state index in [4.69, 9.17) is 28.1 Å². The first-order valence-corrected chi connectivity index (χ1v) is 11.0. The Hall–Kier alpha value is -3.35. The summed E-state index contributed by atoms with van der Waals surface area (Å²) in [5.41, 5.74) is 0.360. The van der Waals surface area contributed by atoms with Crippen LogP contribution in [0, 0.1) is 0 Å². The van der Waals surface area contributed by atoms with Crippen LogP contribution in [0.15, 0.2) is 39.5 Å². The summed E-state index contributed by atoms with van der Waals surface area (Å²) >= 11 is 0.